The van der Waals surface area contributed by atoms with Gasteiger partial charge in [0.05, 0.1) is 12.6 Å². The van der Waals surface area contributed by atoms with Crippen molar-refractivity contribution in [2.45, 2.75) is 45.1 Å². The predicted octanol–water partition coefficient (Wildman–Crippen LogP) is 2.32. The summed E-state index contributed by atoms with van der Waals surface area (Å²) in [7, 11) is 0. The summed E-state index contributed by atoms with van der Waals surface area (Å²) in [6.07, 6.45) is 3.37. The van der Waals surface area contributed by atoms with Crippen LogP contribution in [0.5, 0.6) is 0 Å². The van der Waals surface area contributed by atoms with Crippen LogP contribution in [0.2, 0.25) is 0 Å². The molecule has 2 amide bonds. The van der Waals surface area contributed by atoms with Crippen LogP contribution in [0.1, 0.15) is 38.2 Å². The minimum absolute atomic E-state index is 0.0911. The van der Waals surface area contributed by atoms with Gasteiger partial charge in [0, 0.05) is 18.3 Å². The summed E-state index contributed by atoms with van der Waals surface area (Å²) < 4.78 is 0. The van der Waals surface area contributed by atoms with E-state index in [1.54, 1.807) is 0 Å². The summed E-state index contributed by atoms with van der Waals surface area (Å²) in [4.78, 5) is 23.3. The van der Waals surface area contributed by atoms with Gasteiger partial charge in [0.25, 0.3) is 0 Å². The average Bonchev–Trinajstić information content (AvgIpc) is 2.97. The van der Waals surface area contributed by atoms with Crippen LogP contribution < -0.4 is 16.0 Å². The Labute approximate surface area is 136 Å². The van der Waals surface area contributed by atoms with Crippen molar-refractivity contribution >= 4 is 23.2 Å². The van der Waals surface area contributed by atoms with E-state index in [9.17, 15) is 14.9 Å². The molecule has 1 aliphatic carbocycles. The quantitative estimate of drug-likeness (QED) is 0.777. The normalized spacial score (nSPS) is 15.5. The number of carbonyl (C=O) groups excluding carboxylic acids is 2. The molecule has 0 bridgehead atoms. The van der Waals surface area contributed by atoms with Gasteiger partial charge in [-0.1, -0.05) is 6.07 Å². The molecule has 0 heterocycles. The van der Waals surface area contributed by atoms with Crippen LogP contribution in [0.25, 0.3) is 0 Å². The van der Waals surface area contributed by atoms with Crippen molar-refractivity contribution in [1.29, 1.82) is 5.26 Å². The SMILES string of the molecule is CC(=O)Nc1cccc(NCC(=O)NC2(C#N)CCCC2)c1C. The monoisotopic (exact) mass is 314 g/mol. The lowest BCUT2D eigenvalue weighted by molar-refractivity contribution is -0.120. The molecule has 6 heteroatoms. The molecule has 0 saturated heterocycles. The van der Waals surface area contributed by atoms with Gasteiger partial charge < -0.3 is 16.0 Å². The highest BCUT2D eigenvalue weighted by atomic mass is 16.2. The van der Waals surface area contributed by atoms with Crippen molar-refractivity contribution in [2.24, 2.45) is 0 Å². The maximum absolute atomic E-state index is 12.1. The van der Waals surface area contributed by atoms with Crippen molar-refractivity contribution in [3.63, 3.8) is 0 Å². The highest BCUT2D eigenvalue weighted by molar-refractivity contribution is 5.91. The lowest BCUT2D eigenvalue weighted by atomic mass is 10.00. The van der Waals surface area contributed by atoms with Gasteiger partial charge >= 0.3 is 0 Å². The maximum atomic E-state index is 12.1. The number of hydrogen-bond donors (Lipinski definition) is 3. The molecule has 0 spiro atoms. The van der Waals surface area contributed by atoms with E-state index in [0.717, 1.165) is 24.1 Å². The van der Waals surface area contributed by atoms with E-state index in [1.165, 1.54) is 6.92 Å². The molecular weight excluding hydrogens is 292 g/mol. The molecule has 0 aromatic heterocycles. The summed E-state index contributed by atoms with van der Waals surface area (Å²) in [5, 5.41) is 18.0. The molecule has 3 N–H and O–H groups in total. The number of nitrogens with zero attached hydrogens (tertiary/aromatic N) is 1. The summed E-state index contributed by atoms with van der Waals surface area (Å²) >= 11 is 0. The largest absolute Gasteiger partial charge is 0.376 e. The lowest BCUT2D eigenvalue weighted by Gasteiger charge is -2.22. The Hall–Kier alpha value is -2.55. The second-order valence-corrected chi connectivity index (χ2v) is 5.96. The average molecular weight is 314 g/mol. The molecule has 1 aromatic rings. The molecule has 0 unspecified atom stereocenters. The first kappa shape index (κ1) is 16.8. The molecule has 1 aliphatic rings. The van der Waals surface area contributed by atoms with E-state index < -0.39 is 5.54 Å². The zero-order valence-electron chi connectivity index (χ0n) is 13.5. The van der Waals surface area contributed by atoms with E-state index in [-0.39, 0.29) is 18.4 Å². The molecular formula is C17H22N4O2. The van der Waals surface area contributed by atoms with Crippen molar-refractivity contribution in [3.8, 4) is 6.07 Å². The Kier molecular flexibility index (Phi) is 5.22. The number of carbonyl (C=O) groups is 2. The standard InChI is InChI=1S/C17H22N4O2/c1-12-14(6-5-7-15(12)20-13(2)22)19-10-16(23)21-17(11-18)8-3-4-9-17/h5-7,19H,3-4,8-10H2,1-2H3,(H,20,22)(H,21,23). The molecule has 6 nitrogen and oxygen atoms in total. The van der Waals surface area contributed by atoms with Gasteiger partial charge in [-0.15, -0.1) is 0 Å². The molecule has 0 atom stereocenters. The van der Waals surface area contributed by atoms with Crippen LogP contribution in [-0.2, 0) is 9.59 Å². The summed E-state index contributed by atoms with van der Waals surface area (Å²) in [6, 6.07) is 7.71. The zero-order chi connectivity index (χ0) is 16.9. The number of benzene rings is 1. The zero-order valence-corrected chi connectivity index (χ0v) is 13.5. The van der Waals surface area contributed by atoms with E-state index in [4.69, 9.17) is 0 Å². The van der Waals surface area contributed by atoms with Crippen LogP contribution in [0.3, 0.4) is 0 Å². The molecule has 0 aliphatic heterocycles. The van der Waals surface area contributed by atoms with Gasteiger partial charge in [-0.2, -0.15) is 5.26 Å². The fourth-order valence-corrected chi connectivity index (χ4v) is 2.88. The fraction of sp³-hybridized carbons (Fsp3) is 0.471. The smallest absolute Gasteiger partial charge is 0.240 e. The predicted molar refractivity (Wildman–Crippen MR) is 88.9 cm³/mol. The van der Waals surface area contributed by atoms with Crippen LogP contribution in [0, 0.1) is 18.3 Å². The third-order valence-electron chi connectivity index (χ3n) is 4.13. The van der Waals surface area contributed by atoms with Gasteiger partial charge in [-0.05, 0) is 50.3 Å². The second kappa shape index (κ2) is 7.14. The molecule has 1 fully saturated rings. The second-order valence-electron chi connectivity index (χ2n) is 5.96. The number of amides is 2. The Morgan fingerprint density at radius 1 is 1.26 bits per heavy atom. The molecule has 23 heavy (non-hydrogen) atoms. The lowest BCUT2D eigenvalue weighted by Crippen LogP contribution is -2.47. The molecule has 0 radical (unpaired) electrons. The molecule has 2 rings (SSSR count). The molecule has 1 aromatic carbocycles. The van der Waals surface area contributed by atoms with Gasteiger partial charge in [0.1, 0.15) is 5.54 Å². The number of anilines is 2. The highest BCUT2D eigenvalue weighted by Crippen LogP contribution is 2.29. The third-order valence-corrected chi connectivity index (χ3v) is 4.13. The first-order chi connectivity index (χ1) is 11.0. The number of rotatable bonds is 5. The van der Waals surface area contributed by atoms with Crippen molar-refractivity contribution in [1.82, 2.24) is 5.32 Å². The van der Waals surface area contributed by atoms with Gasteiger partial charge in [0.15, 0.2) is 0 Å². The number of nitrogens with one attached hydrogen (secondary N) is 3. The summed E-state index contributed by atoms with van der Waals surface area (Å²) in [5.74, 6) is -0.335. The maximum Gasteiger partial charge on any atom is 0.240 e. The Balaban J connectivity index is 1.97. The highest BCUT2D eigenvalue weighted by Gasteiger charge is 2.35. The van der Waals surface area contributed by atoms with Crippen LogP contribution in [0.4, 0.5) is 11.4 Å². The number of nitriles is 1. The Morgan fingerprint density at radius 2 is 1.91 bits per heavy atom. The van der Waals surface area contributed by atoms with Crippen LogP contribution >= 0.6 is 0 Å². The number of hydrogen-bond acceptors (Lipinski definition) is 4. The van der Waals surface area contributed by atoms with Gasteiger partial charge in [-0.25, -0.2) is 0 Å². The fourth-order valence-electron chi connectivity index (χ4n) is 2.88. The summed E-state index contributed by atoms with van der Waals surface area (Å²) in [5.41, 5.74) is 1.66. The van der Waals surface area contributed by atoms with E-state index >= 15 is 0 Å². The van der Waals surface area contributed by atoms with Crippen LogP contribution in [-0.4, -0.2) is 23.9 Å². The molecule has 1 saturated carbocycles. The Bertz CT molecular complexity index is 642. The van der Waals surface area contributed by atoms with Gasteiger partial charge in [0.2, 0.25) is 11.8 Å². The van der Waals surface area contributed by atoms with E-state index in [2.05, 4.69) is 22.0 Å². The third kappa shape index (κ3) is 4.22. The molecule has 122 valence electrons. The first-order valence-corrected chi connectivity index (χ1v) is 7.79. The van der Waals surface area contributed by atoms with E-state index in [0.29, 0.717) is 18.5 Å². The first-order valence-electron chi connectivity index (χ1n) is 7.79. The van der Waals surface area contributed by atoms with Gasteiger partial charge in [-0.3, -0.25) is 9.59 Å². The van der Waals surface area contributed by atoms with Crippen molar-refractivity contribution < 1.29 is 9.59 Å². The minimum Gasteiger partial charge on any atom is -0.376 e. The van der Waals surface area contributed by atoms with Crippen LogP contribution in [0.15, 0.2) is 18.2 Å². The van der Waals surface area contributed by atoms with E-state index in [1.807, 2.05) is 25.1 Å². The minimum atomic E-state index is -0.703. The summed E-state index contributed by atoms with van der Waals surface area (Å²) in [6.45, 7) is 3.42. The van der Waals surface area contributed by atoms with Crippen molar-refractivity contribution in [2.75, 3.05) is 17.2 Å². The Morgan fingerprint density at radius 3 is 2.52 bits per heavy atom. The van der Waals surface area contributed by atoms with Crippen molar-refractivity contribution in [3.05, 3.63) is 23.8 Å². The topological polar surface area (TPSA) is 94.0 Å².